The SMILES string of the molecule is COC(=O)[C@]12CC[C@H](C)[C@@](C)(O)[C@H]1C1=CC[C@@H]3[C@@]4(C)C[C@@H](O)[C@@H](O)[C@@](C)(CO)[C@H]4CC[C@@]3(C)[C@]1(C)CC2. The van der Waals surface area contributed by atoms with E-state index >= 15 is 0 Å². The number of esters is 1. The Balaban J connectivity index is 1.65. The maximum absolute atomic E-state index is 13.4. The number of allylic oxidation sites excluding steroid dienone is 1. The van der Waals surface area contributed by atoms with E-state index in [2.05, 4.69) is 33.8 Å². The van der Waals surface area contributed by atoms with Crippen LogP contribution in [0.15, 0.2) is 11.6 Å². The summed E-state index contributed by atoms with van der Waals surface area (Å²) in [5.41, 5.74) is -1.75. The summed E-state index contributed by atoms with van der Waals surface area (Å²) in [6.07, 6.45) is 6.86. The first-order valence-corrected chi connectivity index (χ1v) is 14.6. The molecule has 6 nitrogen and oxygen atoms in total. The molecule has 4 saturated carbocycles. The minimum absolute atomic E-state index is 0.0811. The van der Waals surface area contributed by atoms with Crippen LogP contribution in [-0.4, -0.2) is 57.9 Å². The van der Waals surface area contributed by atoms with E-state index in [0.29, 0.717) is 12.8 Å². The molecule has 0 unspecified atom stereocenters. The number of fused-ring (bicyclic) bond motifs is 7. The normalized spacial score (nSPS) is 57.2. The van der Waals surface area contributed by atoms with Crippen LogP contribution in [0, 0.1) is 50.7 Å². The minimum atomic E-state index is -1.01. The van der Waals surface area contributed by atoms with Crippen molar-refractivity contribution in [3.05, 3.63) is 11.6 Å². The predicted molar refractivity (Wildman–Crippen MR) is 141 cm³/mol. The van der Waals surface area contributed by atoms with E-state index in [9.17, 15) is 25.2 Å². The standard InChI is InChI=1S/C31H50O6/c1-18-10-13-31(25(35)37-7)15-14-28(4)19(23(31)30(18,6)36)8-9-22-26(2)16-20(33)24(34)27(3,17-32)21(26)11-12-29(22,28)5/h8,18,20-24,32-34,36H,9-17H2,1-7H3/t18-,20+,21-,22+,23+,24+,26-,27-,28+,29+,30+,31-/m0/s1. The molecule has 5 aliphatic rings. The van der Waals surface area contributed by atoms with Gasteiger partial charge in [-0.1, -0.05) is 46.3 Å². The topological polar surface area (TPSA) is 107 Å². The number of rotatable bonds is 2. The van der Waals surface area contributed by atoms with E-state index in [1.54, 1.807) is 0 Å². The molecule has 0 aromatic carbocycles. The quantitative estimate of drug-likeness (QED) is 0.322. The Morgan fingerprint density at radius 2 is 1.70 bits per heavy atom. The number of hydrogen-bond donors (Lipinski definition) is 4. The number of aliphatic hydroxyl groups is 4. The molecule has 5 aliphatic carbocycles. The first-order valence-electron chi connectivity index (χ1n) is 14.6. The van der Waals surface area contributed by atoms with Gasteiger partial charge in [0.1, 0.15) is 0 Å². The van der Waals surface area contributed by atoms with Crippen molar-refractivity contribution in [2.75, 3.05) is 13.7 Å². The van der Waals surface area contributed by atoms with Crippen LogP contribution in [0.4, 0.5) is 0 Å². The molecule has 0 spiro atoms. The van der Waals surface area contributed by atoms with Crippen LogP contribution in [-0.2, 0) is 9.53 Å². The summed E-state index contributed by atoms with van der Waals surface area (Å²) in [7, 11) is 1.48. The zero-order valence-electron chi connectivity index (χ0n) is 24.0. The predicted octanol–water partition coefficient (Wildman–Crippen LogP) is 4.24. The van der Waals surface area contributed by atoms with Crippen LogP contribution >= 0.6 is 0 Å². The van der Waals surface area contributed by atoms with Gasteiger partial charge in [0.25, 0.3) is 0 Å². The molecule has 4 fully saturated rings. The highest BCUT2D eigenvalue weighted by molar-refractivity contribution is 5.79. The van der Waals surface area contributed by atoms with Crippen LogP contribution in [0.3, 0.4) is 0 Å². The van der Waals surface area contributed by atoms with Crippen LogP contribution in [0.25, 0.3) is 0 Å². The Kier molecular flexibility index (Phi) is 6.18. The van der Waals surface area contributed by atoms with E-state index in [1.807, 2.05) is 13.8 Å². The highest BCUT2D eigenvalue weighted by Gasteiger charge is 2.72. The largest absolute Gasteiger partial charge is 0.469 e. The average Bonchev–Trinajstić information content (AvgIpc) is 2.84. The van der Waals surface area contributed by atoms with E-state index in [4.69, 9.17) is 4.74 Å². The molecule has 0 heterocycles. The first-order chi connectivity index (χ1) is 17.1. The molecule has 37 heavy (non-hydrogen) atoms. The number of hydrogen-bond acceptors (Lipinski definition) is 6. The molecule has 0 amide bonds. The molecular weight excluding hydrogens is 468 g/mol. The van der Waals surface area contributed by atoms with Crippen LogP contribution in [0.2, 0.25) is 0 Å². The Hall–Kier alpha value is -0.950. The molecule has 0 aromatic rings. The lowest BCUT2D eigenvalue weighted by molar-refractivity contribution is -0.247. The van der Waals surface area contributed by atoms with E-state index in [-0.39, 0.29) is 52.5 Å². The third kappa shape index (κ3) is 3.16. The second-order valence-corrected chi connectivity index (χ2v) is 14.9. The molecule has 210 valence electrons. The fraction of sp³-hybridized carbons (Fsp3) is 0.903. The summed E-state index contributed by atoms with van der Waals surface area (Å²) in [4.78, 5) is 13.4. The van der Waals surface area contributed by atoms with Crippen molar-refractivity contribution < 1.29 is 30.0 Å². The molecular formula is C31H50O6. The fourth-order valence-corrected chi connectivity index (χ4v) is 11.2. The number of aliphatic hydroxyl groups excluding tert-OH is 3. The number of methoxy groups -OCH3 is 1. The second kappa shape index (κ2) is 8.28. The monoisotopic (exact) mass is 518 g/mol. The molecule has 0 aliphatic heterocycles. The minimum Gasteiger partial charge on any atom is -0.469 e. The van der Waals surface area contributed by atoms with Gasteiger partial charge in [-0.3, -0.25) is 4.79 Å². The Morgan fingerprint density at radius 1 is 1.03 bits per heavy atom. The lowest BCUT2D eigenvalue weighted by Gasteiger charge is -2.72. The summed E-state index contributed by atoms with van der Waals surface area (Å²) in [5, 5.41) is 44.5. The van der Waals surface area contributed by atoms with Crippen molar-refractivity contribution in [3.8, 4) is 0 Å². The van der Waals surface area contributed by atoms with Gasteiger partial charge in [-0.15, -0.1) is 0 Å². The molecule has 0 saturated heterocycles. The summed E-state index contributed by atoms with van der Waals surface area (Å²) >= 11 is 0. The van der Waals surface area contributed by atoms with Gasteiger partial charge in [0.05, 0.1) is 36.9 Å². The summed E-state index contributed by atoms with van der Waals surface area (Å²) in [6, 6.07) is 0. The zero-order chi connectivity index (χ0) is 27.4. The maximum atomic E-state index is 13.4. The van der Waals surface area contributed by atoms with Gasteiger partial charge in [0.15, 0.2) is 0 Å². The van der Waals surface area contributed by atoms with Gasteiger partial charge in [0.2, 0.25) is 0 Å². The van der Waals surface area contributed by atoms with Crippen molar-refractivity contribution in [3.63, 3.8) is 0 Å². The number of carbonyl (C=O) groups is 1. The Morgan fingerprint density at radius 3 is 2.32 bits per heavy atom. The fourth-order valence-electron chi connectivity index (χ4n) is 11.2. The van der Waals surface area contributed by atoms with Crippen LogP contribution in [0.5, 0.6) is 0 Å². The lowest BCUT2D eigenvalue weighted by Crippen LogP contribution is -2.69. The van der Waals surface area contributed by atoms with Crippen molar-refractivity contribution in [1.29, 1.82) is 0 Å². The molecule has 12 atom stereocenters. The van der Waals surface area contributed by atoms with Gasteiger partial charge in [-0.25, -0.2) is 0 Å². The Labute approximate surface area is 222 Å². The van der Waals surface area contributed by atoms with E-state index in [0.717, 1.165) is 38.5 Å². The van der Waals surface area contributed by atoms with Crippen molar-refractivity contribution in [2.45, 2.75) is 111 Å². The summed E-state index contributed by atoms with van der Waals surface area (Å²) in [5.74, 6) is -0.0105. The Bertz CT molecular complexity index is 990. The summed E-state index contributed by atoms with van der Waals surface area (Å²) < 4.78 is 5.41. The third-order valence-electron chi connectivity index (χ3n) is 13.7. The average molecular weight is 519 g/mol. The van der Waals surface area contributed by atoms with Crippen LogP contribution in [0.1, 0.15) is 92.9 Å². The maximum Gasteiger partial charge on any atom is 0.312 e. The van der Waals surface area contributed by atoms with Gasteiger partial charge >= 0.3 is 5.97 Å². The van der Waals surface area contributed by atoms with Crippen molar-refractivity contribution in [2.24, 2.45) is 50.7 Å². The molecule has 6 heteroatoms. The molecule has 4 N–H and O–H groups in total. The highest BCUT2D eigenvalue weighted by Crippen LogP contribution is 2.76. The van der Waals surface area contributed by atoms with Gasteiger partial charge in [-0.2, -0.15) is 0 Å². The smallest absolute Gasteiger partial charge is 0.312 e. The number of ether oxygens (including phenoxy) is 1. The van der Waals surface area contributed by atoms with Gasteiger partial charge < -0.3 is 25.2 Å². The molecule has 0 aromatic heterocycles. The number of carbonyl (C=O) groups excluding carboxylic acids is 1. The van der Waals surface area contributed by atoms with E-state index in [1.165, 1.54) is 12.7 Å². The lowest BCUT2D eigenvalue weighted by atomic mass is 9.33. The molecule has 0 bridgehead atoms. The second-order valence-electron chi connectivity index (χ2n) is 14.9. The van der Waals surface area contributed by atoms with Gasteiger partial charge in [-0.05, 0) is 92.3 Å². The third-order valence-corrected chi connectivity index (χ3v) is 13.7. The first kappa shape index (κ1) is 27.6. The van der Waals surface area contributed by atoms with E-state index < -0.39 is 28.6 Å². The summed E-state index contributed by atoms with van der Waals surface area (Å²) in [6.45, 7) is 12.9. The molecule has 5 rings (SSSR count). The zero-order valence-corrected chi connectivity index (χ0v) is 24.0. The highest BCUT2D eigenvalue weighted by atomic mass is 16.5. The molecule has 0 radical (unpaired) electrons. The van der Waals surface area contributed by atoms with Crippen LogP contribution < -0.4 is 0 Å². The van der Waals surface area contributed by atoms with Crippen molar-refractivity contribution >= 4 is 5.97 Å². The van der Waals surface area contributed by atoms with Gasteiger partial charge in [0, 0.05) is 11.3 Å². The van der Waals surface area contributed by atoms with Crippen molar-refractivity contribution in [1.82, 2.24) is 0 Å².